The third kappa shape index (κ3) is 5.84. The Labute approximate surface area is 158 Å². The Kier molecular flexibility index (Phi) is 8.65. The molecule has 0 aromatic rings. The zero-order chi connectivity index (χ0) is 18.9. The first-order chi connectivity index (χ1) is 12.6. The lowest BCUT2D eigenvalue weighted by molar-refractivity contribution is -0.145. The van der Waals surface area contributed by atoms with Gasteiger partial charge in [-0.3, -0.25) is 9.79 Å². The number of carbonyl (C=O) groups is 1. The summed E-state index contributed by atoms with van der Waals surface area (Å²) in [4.78, 5) is 21.5. The number of guanidine groups is 1. The largest absolute Gasteiger partial charge is 0.469 e. The summed E-state index contributed by atoms with van der Waals surface area (Å²) < 4.78 is 10.1. The van der Waals surface area contributed by atoms with Gasteiger partial charge < -0.3 is 24.6 Å². The van der Waals surface area contributed by atoms with E-state index < -0.39 is 0 Å². The van der Waals surface area contributed by atoms with Crippen molar-refractivity contribution in [3.05, 3.63) is 0 Å². The van der Waals surface area contributed by atoms with Crippen LogP contribution >= 0.6 is 0 Å². The number of nitrogens with zero attached hydrogens (tertiary/aromatic N) is 3. The number of methoxy groups -OCH3 is 2. The molecule has 0 aromatic carbocycles. The van der Waals surface area contributed by atoms with Gasteiger partial charge in [0.2, 0.25) is 0 Å². The lowest BCUT2D eigenvalue weighted by atomic mass is 9.97. The maximum absolute atomic E-state index is 11.9. The van der Waals surface area contributed by atoms with E-state index >= 15 is 0 Å². The Balaban J connectivity index is 1.86. The van der Waals surface area contributed by atoms with Gasteiger partial charge in [0.1, 0.15) is 0 Å². The van der Waals surface area contributed by atoms with Crippen LogP contribution in [0.15, 0.2) is 4.99 Å². The minimum absolute atomic E-state index is 0.0621. The molecule has 2 fully saturated rings. The number of esters is 1. The fourth-order valence-electron chi connectivity index (χ4n) is 3.85. The standard InChI is InChI=1S/C19H36N4O3/c1-5-20-19(23-13-15(2)17(14-23)18(24)26-4)21-12-16-6-8-22(9-7-16)10-11-25-3/h15-17H,5-14H2,1-4H3,(H,20,21). The van der Waals surface area contributed by atoms with Crippen molar-refractivity contribution < 1.29 is 14.3 Å². The van der Waals surface area contributed by atoms with Gasteiger partial charge in [-0.25, -0.2) is 0 Å². The SMILES string of the molecule is CCNC(=NCC1CCN(CCOC)CC1)N1CC(C)C(C(=O)OC)C1. The highest BCUT2D eigenvalue weighted by molar-refractivity contribution is 5.82. The average molecular weight is 369 g/mol. The third-order valence-corrected chi connectivity index (χ3v) is 5.57. The number of hydrogen-bond donors (Lipinski definition) is 1. The normalized spacial score (nSPS) is 25.5. The highest BCUT2D eigenvalue weighted by Gasteiger charge is 2.37. The monoisotopic (exact) mass is 368 g/mol. The number of nitrogens with one attached hydrogen (secondary N) is 1. The molecule has 2 atom stereocenters. The van der Waals surface area contributed by atoms with Crippen molar-refractivity contribution in [3.63, 3.8) is 0 Å². The van der Waals surface area contributed by atoms with Crippen LogP contribution in [-0.2, 0) is 14.3 Å². The van der Waals surface area contributed by atoms with E-state index in [1.165, 1.54) is 20.0 Å². The predicted octanol–water partition coefficient (Wildman–Crippen LogP) is 1.05. The maximum atomic E-state index is 11.9. The summed E-state index contributed by atoms with van der Waals surface area (Å²) in [5.41, 5.74) is 0. The van der Waals surface area contributed by atoms with E-state index in [-0.39, 0.29) is 17.8 Å². The van der Waals surface area contributed by atoms with E-state index in [4.69, 9.17) is 14.5 Å². The van der Waals surface area contributed by atoms with E-state index in [2.05, 4.69) is 29.0 Å². The van der Waals surface area contributed by atoms with E-state index in [1.54, 1.807) is 7.11 Å². The van der Waals surface area contributed by atoms with Crippen molar-refractivity contribution in [2.24, 2.45) is 22.7 Å². The van der Waals surface area contributed by atoms with Crippen molar-refractivity contribution in [2.45, 2.75) is 26.7 Å². The molecule has 1 N–H and O–H groups in total. The number of rotatable bonds is 7. The van der Waals surface area contributed by atoms with E-state index in [9.17, 15) is 4.79 Å². The Hall–Kier alpha value is -1.34. The van der Waals surface area contributed by atoms with Gasteiger partial charge in [-0.1, -0.05) is 6.92 Å². The fourth-order valence-corrected chi connectivity index (χ4v) is 3.85. The molecule has 26 heavy (non-hydrogen) atoms. The Morgan fingerprint density at radius 1 is 1.23 bits per heavy atom. The average Bonchev–Trinajstić information content (AvgIpc) is 3.05. The van der Waals surface area contributed by atoms with Gasteiger partial charge in [0.05, 0.1) is 19.6 Å². The van der Waals surface area contributed by atoms with Crippen LogP contribution in [0.5, 0.6) is 0 Å². The first-order valence-electron chi connectivity index (χ1n) is 9.91. The van der Waals surface area contributed by atoms with Gasteiger partial charge in [0.25, 0.3) is 0 Å². The van der Waals surface area contributed by atoms with Crippen molar-refractivity contribution in [1.82, 2.24) is 15.1 Å². The number of piperidine rings is 1. The molecule has 0 saturated carbocycles. The minimum atomic E-state index is -0.112. The van der Waals surface area contributed by atoms with Crippen molar-refractivity contribution >= 4 is 11.9 Å². The van der Waals surface area contributed by atoms with Crippen molar-refractivity contribution in [3.8, 4) is 0 Å². The topological polar surface area (TPSA) is 66.4 Å². The highest BCUT2D eigenvalue weighted by atomic mass is 16.5. The van der Waals surface area contributed by atoms with Crippen molar-refractivity contribution in [1.29, 1.82) is 0 Å². The lowest BCUT2D eigenvalue weighted by Crippen LogP contribution is -2.41. The molecule has 2 saturated heterocycles. The van der Waals surface area contributed by atoms with Gasteiger partial charge in [-0.2, -0.15) is 0 Å². The number of aliphatic imine (C=N–C) groups is 1. The molecular weight excluding hydrogens is 332 g/mol. The van der Waals surface area contributed by atoms with Crippen LogP contribution < -0.4 is 5.32 Å². The summed E-state index contributed by atoms with van der Waals surface area (Å²) in [5, 5.41) is 3.40. The maximum Gasteiger partial charge on any atom is 0.310 e. The van der Waals surface area contributed by atoms with Gasteiger partial charge in [0.15, 0.2) is 5.96 Å². The lowest BCUT2D eigenvalue weighted by Gasteiger charge is -2.31. The number of hydrogen-bond acceptors (Lipinski definition) is 5. The second-order valence-electron chi connectivity index (χ2n) is 7.48. The Morgan fingerprint density at radius 2 is 1.96 bits per heavy atom. The summed E-state index contributed by atoms with van der Waals surface area (Å²) >= 11 is 0. The number of carbonyl (C=O) groups excluding carboxylic acids is 1. The van der Waals surface area contributed by atoms with Gasteiger partial charge >= 0.3 is 5.97 Å². The molecule has 0 aliphatic carbocycles. The molecule has 2 unspecified atom stereocenters. The molecule has 2 rings (SSSR count). The van der Waals surface area contributed by atoms with E-state index in [0.29, 0.717) is 12.5 Å². The Bertz CT molecular complexity index is 464. The molecule has 150 valence electrons. The fraction of sp³-hybridized carbons (Fsp3) is 0.895. The first kappa shape index (κ1) is 21.0. The summed E-state index contributed by atoms with van der Waals surface area (Å²) in [6, 6.07) is 0. The van der Waals surface area contributed by atoms with Crippen LogP contribution in [0.25, 0.3) is 0 Å². The van der Waals surface area contributed by atoms with Gasteiger partial charge in [-0.05, 0) is 44.7 Å². The summed E-state index contributed by atoms with van der Waals surface area (Å²) in [5.74, 6) is 1.69. The van der Waals surface area contributed by atoms with Gasteiger partial charge in [0, 0.05) is 39.8 Å². The number of ether oxygens (including phenoxy) is 2. The summed E-state index contributed by atoms with van der Waals surface area (Å²) in [6.45, 7) is 11.5. The van der Waals surface area contributed by atoms with Crippen LogP contribution in [0.1, 0.15) is 26.7 Å². The molecule has 2 heterocycles. The molecule has 7 nitrogen and oxygen atoms in total. The number of likely N-dealkylation sites (tertiary alicyclic amines) is 2. The molecule has 0 aromatic heterocycles. The molecular formula is C19H36N4O3. The quantitative estimate of drug-likeness (QED) is 0.412. The van der Waals surface area contributed by atoms with E-state index in [0.717, 1.165) is 51.8 Å². The van der Waals surface area contributed by atoms with Crippen molar-refractivity contribution in [2.75, 3.05) is 66.6 Å². The molecule has 0 spiro atoms. The second-order valence-corrected chi connectivity index (χ2v) is 7.48. The summed E-state index contributed by atoms with van der Waals surface area (Å²) in [6.07, 6.45) is 2.38. The molecule has 0 bridgehead atoms. The Morgan fingerprint density at radius 3 is 2.58 bits per heavy atom. The molecule has 0 amide bonds. The van der Waals surface area contributed by atoms with Crippen LogP contribution in [0.2, 0.25) is 0 Å². The summed E-state index contributed by atoms with van der Waals surface area (Å²) in [7, 11) is 3.23. The van der Waals surface area contributed by atoms with Crippen LogP contribution in [0.3, 0.4) is 0 Å². The molecule has 2 aliphatic rings. The zero-order valence-electron chi connectivity index (χ0n) is 16.9. The molecule has 7 heteroatoms. The second kappa shape index (κ2) is 10.7. The minimum Gasteiger partial charge on any atom is -0.469 e. The van der Waals surface area contributed by atoms with Crippen LogP contribution in [0, 0.1) is 17.8 Å². The first-order valence-corrected chi connectivity index (χ1v) is 9.91. The highest BCUT2D eigenvalue weighted by Crippen LogP contribution is 2.24. The molecule has 2 aliphatic heterocycles. The van der Waals surface area contributed by atoms with Crippen LogP contribution in [0.4, 0.5) is 0 Å². The predicted molar refractivity (Wildman–Crippen MR) is 103 cm³/mol. The van der Waals surface area contributed by atoms with E-state index in [1.807, 2.05) is 0 Å². The molecule has 0 radical (unpaired) electrons. The third-order valence-electron chi connectivity index (χ3n) is 5.57. The van der Waals surface area contributed by atoms with Gasteiger partial charge in [-0.15, -0.1) is 0 Å². The smallest absolute Gasteiger partial charge is 0.310 e. The zero-order valence-corrected chi connectivity index (χ0v) is 16.9. The van der Waals surface area contributed by atoms with Crippen LogP contribution in [-0.4, -0.2) is 88.4 Å².